The van der Waals surface area contributed by atoms with Gasteiger partial charge in [-0.05, 0) is 25.1 Å². The number of carbonyl (C=O) groups is 3. The van der Waals surface area contributed by atoms with Gasteiger partial charge in [-0.15, -0.1) is 0 Å². The molecule has 0 heterocycles. The molecule has 7 nitrogen and oxygen atoms in total. The van der Waals surface area contributed by atoms with Gasteiger partial charge in [-0.2, -0.15) is 0 Å². The first-order valence-electron chi connectivity index (χ1n) is 6.27. The minimum absolute atomic E-state index is 0.0239. The Kier molecular flexibility index (Phi) is 5.79. The third kappa shape index (κ3) is 5.57. The van der Waals surface area contributed by atoms with E-state index in [1.807, 2.05) is 5.32 Å². The van der Waals surface area contributed by atoms with Crippen LogP contribution in [0.3, 0.4) is 0 Å². The van der Waals surface area contributed by atoms with Crippen LogP contribution in [-0.2, 0) is 9.59 Å². The van der Waals surface area contributed by atoms with Crippen LogP contribution in [0.1, 0.15) is 6.92 Å². The van der Waals surface area contributed by atoms with Gasteiger partial charge in [0.15, 0.2) is 12.6 Å². The summed E-state index contributed by atoms with van der Waals surface area (Å²) in [6, 6.07) is 3.91. The highest BCUT2D eigenvalue weighted by molar-refractivity contribution is 5.95. The maximum Gasteiger partial charge on any atom is 0.319 e. The largest absolute Gasteiger partial charge is 0.351 e. The fourth-order valence-electron chi connectivity index (χ4n) is 1.63. The lowest BCUT2D eigenvalue weighted by Crippen LogP contribution is -3.15. The van der Waals surface area contributed by atoms with Crippen LogP contribution in [0.25, 0.3) is 0 Å². The van der Waals surface area contributed by atoms with Crippen LogP contribution in [0.15, 0.2) is 24.3 Å². The number of hydrogen-bond acceptors (Lipinski definition) is 3. The molecule has 1 aromatic rings. The van der Waals surface area contributed by atoms with Crippen LogP contribution in [0, 0.1) is 5.82 Å². The van der Waals surface area contributed by atoms with Crippen LogP contribution < -0.4 is 21.3 Å². The SMILES string of the molecule is C[C@@H](C(=O)NC(N)=O)[NH+](C)CC(=O)Nc1cccc(F)c1. The van der Waals surface area contributed by atoms with E-state index in [0.717, 1.165) is 0 Å². The van der Waals surface area contributed by atoms with Gasteiger partial charge < -0.3 is 16.0 Å². The molecule has 1 unspecified atom stereocenters. The van der Waals surface area contributed by atoms with Crippen molar-refractivity contribution in [2.24, 2.45) is 5.73 Å². The lowest BCUT2D eigenvalue weighted by molar-refractivity contribution is -0.885. The molecule has 0 spiro atoms. The fourth-order valence-corrected chi connectivity index (χ4v) is 1.63. The Bertz CT molecular complexity index is 550. The number of carbonyl (C=O) groups excluding carboxylic acids is 3. The molecular weight excluding hydrogens is 279 g/mol. The summed E-state index contributed by atoms with van der Waals surface area (Å²) < 4.78 is 13.0. The fraction of sp³-hybridized carbons (Fsp3) is 0.308. The number of rotatable bonds is 5. The Hall–Kier alpha value is -2.48. The molecule has 0 bridgehead atoms. The molecule has 0 aliphatic heterocycles. The lowest BCUT2D eigenvalue weighted by Gasteiger charge is -2.19. The summed E-state index contributed by atoms with van der Waals surface area (Å²) in [5.74, 6) is -1.40. The zero-order chi connectivity index (χ0) is 16.0. The normalized spacial score (nSPS) is 13.1. The Morgan fingerprint density at radius 2 is 2.05 bits per heavy atom. The number of quaternary nitrogens is 1. The minimum atomic E-state index is -0.941. The molecule has 4 amide bonds. The Labute approximate surface area is 121 Å². The number of anilines is 1. The van der Waals surface area contributed by atoms with E-state index >= 15 is 0 Å². The second kappa shape index (κ2) is 7.34. The van der Waals surface area contributed by atoms with Crippen molar-refractivity contribution in [3.05, 3.63) is 30.1 Å². The van der Waals surface area contributed by atoms with E-state index in [4.69, 9.17) is 5.73 Å². The van der Waals surface area contributed by atoms with Gasteiger partial charge in [-0.1, -0.05) is 6.07 Å². The van der Waals surface area contributed by atoms with Crippen molar-refractivity contribution in [3.8, 4) is 0 Å². The van der Waals surface area contributed by atoms with Gasteiger partial charge in [0.2, 0.25) is 0 Å². The molecule has 0 saturated heterocycles. The molecule has 0 radical (unpaired) electrons. The predicted molar refractivity (Wildman–Crippen MR) is 74.0 cm³/mol. The third-order valence-electron chi connectivity index (χ3n) is 2.93. The number of amides is 4. The van der Waals surface area contributed by atoms with Crippen LogP contribution in [-0.4, -0.2) is 37.5 Å². The molecule has 21 heavy (non-hydrogen) atoms. The topological polar surface area (TPSA) is 106 Å². The highest BCUT2D eigenvalue weighted by atomic mass is 19.1. The molecule has 0 saturated carbocycles. The number of benzene rings is 1. The summed E-state index contributed by atoms with van der Waals surface area (Å²) in [6.07, 6.45) is 0. The Balaban J connectivity index is 2.53. The summed E-state index contributed by atoms with van der Waals surface area (Å²) in [6.45, 7) is 1.53. The highest BCUT2D eigenvalue weighted by Crippen LogP contribution is 2.08. The number of likely N-dealkylation sites (N-methyl/N-ethyl adjacent to an activating group) is 1. The van der Waals surface area contributed by atoms with Crippen molar-refractivity contribution in [2.75, 3.05) is 18.9 Å². The zero-order valence-corrected chi connectivity index (χ0v) is 11.8. The van der Waals surface area contributed by atoms with Crippen molar-refractivity contribution in [3.63, 3.8) is 0 Å². The molecule has 0 fully saturated rings. The molecule has 0 aromatic heterocycles. The van der Waals surface area contributed by atoms with Gasteiger partial charge in [0.25, 0.3) is 11.8 Å². The number of nitrogens with one attached hydrogen (secondary N) is 3. The van der Waals surface area contributed by atoms with E-state index in [2.05, 4.69) is 5.32 Å². The van der Waals surface area contributed by atoms with Crippen molar-refractivity contribution in [1.29, 1.82) is 0 Å². The average molecular weight is 297 g/mol. The van der Waals surface area contributed by atoms with E-state index in [9.17, 15) is 18.8 Å². The molecule has 1 aromatic carbocycles. The second-order valence-electron chi connectivity index (χ2n) is 4.66. The second-order valence-corrected chi connectivity index (χ2v) is 4.66. The average Bonchev–Trinajstić information content (AvgIpc) is 2.36. The predicted octanol–water partition coefficient (Wildman–Crippen LogP) is -1.14. The Morgan fingerprint density at radius 3 is 2.62 bits per heavy atom. The third-order valence-corrected chi connectivity index (χ3v) is 2.93. The smallest absolute Gasteiger partial charge is 0.319 e. The van der Waals surface area contributed by atoms with Crippen LogP contribution in [0.2, 0.25) is 0 Å². The zero-order valence-electron chi connectivity index (χ0n) is 11.8. The van der Waals surface area contributed by atoms with Crippen molar-refractivity contribution in [2.45, 2.75) is 13.0 Å². The molecular formula is C13H18FN4O3+. The van der Waals surface area contributed by atoms with Gasteiger partial charge in [-0.25, -0.2) is 9.18 Å². The van der Waals surface area contributed by atoms with Gasteiger partial charge in [0.1, 0.15) is 5.82 Å². The summed E-state index contributed by atoms with van der Waals surface area (Å²) in [5.41, 5.74) is 5.19. The Morgan fingerprint density at radius 1 is 1.38 bits per heavy atom. The number of urea groups is 1. The molecule has 0 aliphatic carbocycles. The molecule has 5 N–H and O–H groups in total. The van der Waals surface area contributed by atoms with E-state index in [-0.39, 0.29) is 12.5 Å². The first kappa shape index (κ1) is 16.6. The van der Waals surface area contributed by atoms with Crippen LogP contribution >= 0.6 is 0 Å². The standard InChI is InChI=1S/C13H17FN4O3/c1-8(12(20)17-13(15)21)18(2)7-11(19)16-10-5-3-4-9(14)6-10/h3-6,8H,7H2,1-2H3,(H,16,19)(H3,15,17,20,21)/p+1/t8-/m0/s1. The minimum Gasteiger partial charge on any atom is -0.351 e. The van der Waals surface area contributed by atoms with Crippen LogP contribution in [0.4, 0.5) is 14.9 Å². The van der Waals surface area contributed by atoms with E-state index in [1.54, 1.807) is 20.0 Å². The summed E-state index contributed by atoms with van der Waals surface area (Å²) in [7, 11) is 1.62. The van der Waals surface area contributed by atoms with Crippen molar-refractivity contribution < 1.29 is 23.7 Å². The van der Waals surface area contributed by atoms with Crippen molar-refractivity contribution in [1.82, 2.24) is 5.32 Å². The lowest BCUT2D eigenvalue weighted by atomic mass is 10.2. The summed E-state index contributed by atoms with van der Waals surface area (Å²) in [5, 5.41) is 4.48. The van der Waals surface area contributed by atoms with E-state index < -0.39 is 23.8 Å². The number of nitrogens with two attached hydrogens (primary N) is 1. The first-order valence-corrected chi connectivity index (χ1v) is 6.27. The van der Waals surface area contributed by atoms with Gasteiger partial charge in [-0.3, -0.25) is 14.9 Å². The maximum atomic E-state index is 13.0. The molecule has 0 aliphatic rings. The number of hydrogen-bond donors (Lipinski definition) is 4. The molecule has 8 heteroatoms. The monoisotopic (exact) mass is 297 g/mol. The summed E-state index contributed by atoms with van der Waals surface area (Å²) >= 11 is 0. The van der Waals surface area contributed by atoms with Crippen molar-refractivity contribution >= 4 is 23.5 Å². The molecule has 1 rings (SSSR count). The number of halogens is 1. The quantitative estimate of drug-likeness (QED) is 0.552. The van der Waals surface area contributed by atoms with Gasteiger partial charge >= 0.3 is 6.03 Å². The highest BCUT2D eigenvalue weighted by Gasteiger charge is 2.24. The molecule has 2 atom stereocenters. The van der Waals surface area contributed by atoms with Crippen LogP contribution in [0.5, 0.6) is 0 Å². The number of primary amides is 1. The maximum absolute atomic E-state index is 13.0. The molecule has 114 valence electrons. The van der Waals surface area contributed by atoms with E-state index in [1.165, 1.54) is 18.2 Å². The number of imide groups is 1. The summed E-state index contributed by atoms with van der Waals surface area (Å²) in [4.78, 5) is 34.5. The first-order chi connectivity index (χ1) is 9.79. The van der Waals surface area contributed by atoms with Gasteiger partial charge in [0, 0.05) is 5.69 Å². The van der Waals surface area contributed by atoms with Gasteiger partial charge in [0.05, 0.1) is 7.05 Å². The van der Waals surface area contributed by atoms with E-state index in [0.29, 0.717) is 10.6 Å².